The highest BCUT2D eigenvalue weighted by Gasteiger charge is 2.50. The van der Waals surface area contributed by atoms with Crippen LogP contribution in [0, 0.1) is 16.7 Å². The van der Waals surface area contributed by atoms with E-state index in [2.05, 4.69) is 13.8 Å². The molecule has 0 spiro atoms. The van der Waals surface area contributed by atoms with Crippen LogP contribution in [0.2, 0.25) is 0 Å². The van der Waals surface area contributed by atoms with Crippen LogP contribution in [0.5, 0.6) is 5.75 Å². The minimum Gasteiger partial charge on any atom is -0.494 e. The minimum atomic E-state index is -0.779. The summed E-state index contributed by atoms with van der Waals surface area (Å²) in [4.78, 5) is 26.6. The van der Waals surface area contributed by atoms with Gasteiger partial charge in [0.25, 0.3) is 0 Å². The van der Waals surface area contributed by atoms with Gasteiger partial charge in [0, 0.05) is 29.7 Å². The smallest absolute Gasteiger partial charge is 0.163 e. The standard InChI is InChI=1S/C24H33NO4/c1-7-28-15-10-8-14(9-11-15)18-19-16(26)12-24(5,6)13-17(19)29-22(25)20(18)21(27)23(2,3)4/h8-11,18,20,22H,7,12-13,25H2,1-6H3. The van der Waals surface area contributed by atoms with E-state index in [0.29, 0.717) is 30.8 Å². The van der Waals surface area contributed by atoms with E-state index >= 15 is 0 Å². The van der Waals surface area contributed by atoms with Crippen molar-refractivity contribution in [3.05, 3.63) is 41.2 Å². The molecule has 0 aromatic heterocycles. The highest BCUT2D eigenvalue weighted by molar-refractivity contribution is 6.01. The molecule has 1 aliphatic heterocycles. The molecular weight excluding hydrogens is 366 g/mol. The second-order valence-electron chi connectivity index (χ2n) is 9.98. The lowest BCUT2D eigenvalue weighted by Crippen LogP contribution is -2.50. The fourth-order valence-corrected chi connectivity index (χ4v) is 4.45. The van der Waals surface area contributed by atoms with Crippen LogP contribution in [-0.2, 0) is 14.3 Å². The summed E-state index contributed by atoms with van der Waals surface area (Å²) in [5, 5.41) is 0. The van der Waals surface area contributed by atoms with Gasteiger partial charge in [-0.3, -0.25) is 15.3 Å². The fraction of sp³-hybridized carbons (Fsp3) is 0.583. The molecule has 2 aliphatic rings. The van der Waals surface area contributed by atoms with E-state index in [1.54, 1.807) is 0 Å². The molecule has 0 fully saturated rings. The number of ether oxygens (including phenoxy) is 2. The Labute approximate surface area is 173 Å². The Morgan fingerprint density at radius 2 is 1.83 bits per heavy atom. The van der Waals surface area contributed by atoms with E-state index in [-0.39, 0.29) is 17.0 Å². The van der Waals surface area contributed by atoms with Crippen molar-refractivity contribution < 1.29 is 19.1 Å². The summed E-state index contributed by atoms with van der Waals surface area (Å²) in [6.45, 7) is 12.3. The molecule has 1 aromatic carbocycles. The predicted octanol–water partition coefficient (Wildman–Crippen LogP) is 4.36. The Morgan fingerprint density at radius 3 is 2.38 bits per heavy atom. The second-order valence-corrected chi connectivity index (χ2v) is 9.98. The highest BCUT2D eigenvalue weighted by Crippen LogP contribution is 2.50. The van der Waals surface area contributed by atoms with Crippen molar-refractivity contribution in [2.45, 2.75) is 66.5 Å². The monoisotopic (exact) mass is 399 g/mol. The zero-order valence-corrected chi connectivity index (χ0v) is 18.4. The average Bonchev–Trinajstić information content (AvgIpc) is 2.59. The molecule has 0 amide bonds. The maximum atomic E-state index is 13.4. The number of hydrogen-bond acceptors (Lipinski definition) is 5. The number of nitrogens with two attached hydrogens (primary N) is 1. The molecule has 0 saturated carbocycles. The van der Waals surface area contributed by atoms with Gasteiger partial charge in [-0.2, -0.15) is 0 Å². The van der Waals surface area contributed by atoms with Crippen molar-refractivity contribution in [3.8, 4) is 5.75 Å². The summed E-state index contributed by atoms with van der Waals surface area (Å²) in [7, 11) is 0. The SMILES string of the molecule is CCOc1ccc(C2C3=C(CC(C)(C)CC3=O)OC(N)C2C(=O)C(C)(C)C)cc1. The van der Waals surface area contributed by atoms with Crippen LogP contribution in [0.25, 0.3) is 0 Å². The van der Waals surface area contributed by atoms with Crippen LogP contribution in [0.3, 0.4) is 0 Å². The molecule has 1 aliphatic carbocycles. The molecule has 29 heavy (non-hydrogen) atoms. The summed E-state index contributed by atoms with van der Waals surface area (Å²) < 4.78 is 11.6. The Kier molecular flexibility index (Phi) is 5.65. The van der Waals surface area contributed by atoms with Crippen LogP contribution in [0.4, 0.5) is 0 Å². The van der Waals surface area contributed by atoms with Crippen LogP contribution < -0.4 is 10.5 Å². The molecule has 2 N–H and O–H groups in total. The molecule has 1 heterocycles. The van der Waals surface area contributed by atoms with Gasteiger partial charge < -0.3 is 9.47 Å². The van der Waals surface area contributed by atoms with Crippen molar-refractivity contribution in [1.29, 1.82) is 0 Å². The zero-order chi connectivity index (χ0) is 21.6. The molecule has 3 unspecified atom stereocenters. The number of ketones is 2. The summed E-state index contributed by atoms with van der Waals surface area (Å²) >= 11 is 0. The van der Waals surface area contributed by atoms with Crippen molar-refractivity contribution in [2.24, 2.45) is 22.5 Å². The lowest BCUT2D eigenvalue weighted by atomic mass is 9.65. The second kappa shape index (κ2) is 7.60. The summed E-state index contributed by atoms with van der Waals surface area (Å²) in [5.41, 5.74) is 7.16. The van der Waals surface area contributed by atoms with Gasteiger partial charge in [0.2, 0.25) is 0 Å². The quantitative estimate of drug-likeness (QED) is 0.814. The van der Waals surface area contributed by atoms with Crippen LogP contribution >= 0.6 is 0 Å². The van der Waals surface area contributed by atoms with Crippen molar-refractivity contribution in [3.63, 3.8) is 0 Å². The maximum absolute atomic E-state index is 13.4. The number of rotatable bonds is 4. The van der Waals surface area contributed by atoms with Gasteiger partial charge in [-0.25, -0.2) is 0 Å². The van der Waals surface area contributed by atoms with Crippen LogP contribution in [-0.4, -0.2) is 24.4 Å². The third-order valence-corrected chi connectivity index (χ3v) is 5.77. The molecule has 5 heteroatoms. The highest BCUT2D eigenvalue weighted by atomic mass is 16.5. The first-order valence-corrected chi connectivity index (χ1v) is 10.4. The number of carbonyl (C=O) groups excluding carboxylic acids is 2. The lowest BCUT2D eigenvalue weighted by molar-refractivity contribution is -0.137. The maximum Gasteiger partial charge on any atom is 0.163 e. The molecule has 0 radical (unpaired) electrons. The normalized spacial score (nSPS) is 26.6. The third-order valence-electron chi connectivity index (χ3n) is 5.77. The molecule has 5 nitrogen and oxygen atoms in total. The topological polar surface area (TPSA) is 78.6 Å². The van der Waals surface area contributed by atoms with Gasteiger partial charge in [-0.15, -0.1) is 0 Å². The number of allylic oxidation sites excluding steroid dienone is 2. The Bertz CT molecular complexity index is 829. The number of hydrogen-bond donors (Lipinski definition) is 1. The van der Waals surface area contributed by atoms with Gasteiger partial charge in [0.1, 0.15) is 17.3 Å². The summed E-state index contributed by atoms with van der Waals surface area (Å²) in [5.74, 6) is 0.450. The molecule has 1 aromatic rings. The van der Waals surface area contributed by atoms with Crippen molar-refractivity contribution in [2.75, 3.05) is 6.61 Å². The Morgan fingerprint density at radius 1 is 1.21 bits per heavy atom. The molecule has 3 rings (SSSR count). The number of Topliss-reactive ketones (excluding diaryl/α,β-unsaturated/α-hetero) is 2. The van der Waals surface area contributed by atoms with E-state index in [0.717, 1.165) is 11.3 Å². The van der Waals surface area contributed by atoms with Crippen molar-refractivity contribution >= 4 is 11.6 Å². The van der Waals surface area contributed by atoms with Gasteiger partial charge in [-0.05, 0) is 30.0 Å². The summed E-state index contributed by atoms with van der Waals surface area (Å²) in [6.07, 6.45) is 0.305. The molecule has 0 bridgehead atoms. The molecule has 0 saturated heterocycles. The Balaban J connectivity index is 2.14. The number of benzene rings is 1. The van der Waals surface area contributed by atoms with Crippen molar-refractivity contribution in [1.82, 2.24) is 0 Å². The Hall–Kier alpha value is -2.14. The number of carbonyl (C=O) groups is 2. The minimum absolute atomic E-state index is 0.00747. The van der Waals surface area contributed by atoms with Gasteiger partial charge in [-0.1, -0.05) is 46.8 Å². The van der Waals surface area contributed by atoms with Crippen LogP contribution in [0.15, 0.2) is 35.6 Å². The molecular formula is C24H33NO4. The van der Waals surface area contributed by atoms with E-state index < -0.39 is 23.5 Å². The zero-order valence-electron chi connectivity index (χ0n) is 18.4. The van der Waals surface area contributed by atoms with E-state index in [1.807, 2.05) is 52.0 Å². The first kappa shape index (κ1) is 21.6. The lowest BCUT2D eigenvalue weighted by Gasteiger charge is -2.44. The molecule has 3 atom stereocenters. The first-order chi connectivity index (χ1) is 13.4. The van der Waals surface area contributed by atoms with Gasteiger partial charge >= 0.3 is 0 Å². The molecule has 158 valence electrons. The fourth-order valence-electron chi connectivity index (χ4n) is 4.45. The van der Waals surface area contributed by atoms with Gasteiger partial charge in [0.15, 0.2) is 12.0 Å². The largest absolute Gasteiger partial charge is 0.494 e. The van der Waals surface area contributed by atoms with Gasteiger partial charge in [0.05, 0.1) is 12.5 Å². The van der Waals surface area contributed by atoms with E-state index in [1.165, 1.54) is 0 Å². The third kappa shape index (κ3) is 4.25. The van der Waals surface area contributed by atoms with E-state index in [9.17, 15) is 9.59 Å². The average molecular weight is 400 g/mol. The predicted molar refractivity (Wildman–Crippen MR) is 112 cm³/mol. The first-order valence-electron chi connectivity index (χ1n) is 10.4. The van der Waals surface area contributed by atoms with E-state index in [4.69, 9.17) is 15.2 Å². The van der Waals surface area contributed by atoms with Crippen LogP contribution in [0.1, 0.15) is 65.9 Å². The summed E-state index contributed by atoms with van der Waals surface area (Å²) in [6, 6.07) is 7.65.